The molecule has 1 aromatic rings. The SMILES string of the molecule is C=C(C(=O)NCCCC(F)(F)F)N(/C=C(\C)NC(=O)Nc1ccc(CC(F)(F)F)cc1)CCCC. The third-order valence-electron chi connectivity index (χ3n) is 4.56. The summed E-state index contributed by atoms with van der Waals surface area (Å²) in [6.07, 6.45) is -8.03. The summed E-state index contributed by atoms with van der Waals surface area (Å²) in [6.45, 7) is 7.41. The van der Waals surface area contributed by atoms with Crippen molar-refractivity contribution < 1.29 is 35.9 Å². The van der Waals surface area contributed by atoms with Crippen molar-refractivity contribution in [1.82, 2.24) is 15.5 Å². The number of allylic oxidation sites excluding steroid dienone is 1. The lowest BCUT2D eigenvalue weighted by molar-refractivity contribution is -0.136. The van der Waals surface area contributed by atoms with Crippen LogP contribution in [0.5, 0.6) is 0 Å². The van der Waals surface area contributed by atoms with Crippen LogP contribution in [0.15, 0.2) is 48.4 Å². The normalized spacial score (nSPS) is 12.2. The van der Waals surface area contributed by atoms with Gasteiger partial charge in [0.05, 0.1) is 12.1 Å². The van der Waals surface area contributed by atoms with E-state index in [1.54, 1.807) is 6.92 Å². The van der Waals surface area contributed by atoms with E-state index in [-0.39, 0.29) is 29.9 Å². The number of carbonyl (C=O) groups is 2. The van der Waals surface area contributed by atoms with Gasteiger partial charge in [0.15, 0.2) is 0 Å². The van der Waals surface area contributed by atoms with E-state index in [1.165, 1.54) is 35.4 Å². The number of hydrogen-bond acceptors (Lipinski definition) is 3. The van der Waals surface area contributed by atoms with Crippen LogP contribution in [0.1, 0.15) is 45.1 Å². The molecule has 0 unspecified atom stereocenters. The van der Waals surface area contributed by atoms with Gasteiger partial charge in [-0.2, -0.15) is 26.3 Å². The molecule has 1 rings (SSSR count). The number of nitrogens with one attached hydrogen (secondary N) is 3. The van der Waals surface area contributed by atoms with Gasteiger partial charge in [-0.15, -0.1) is 0 Å². The zero-order valence-electron chi connectivity index (χ0n) is 19.6. The summed E-state index contributed by atoms with van der Waals surface area (Å²) in [5, 5.41) is 7.43. The smallest absolute Gasteiger partial charge is 0.351 e. The van der Waals surface area contributed by atoms with E-state index in [0.29, 0.717) is 18.7 Å². The van der Waals surface area contributed by atoms with Crippen molar-refractivity contribution in [2.24, 2.45) is 0 Å². The zero-order valence-corrected chi connectivity index (χ0v) is 19.6. The predicted octanol–water partition coefficient (Wildman–Crippen LogP) is 5.85. The predicted molar refractivity (Wildman–Crippen MR) is 121 cm³/mol. The van der Waals surface area contributed by atoms with Crippen molar-refractivity contribution in [3.05, 3.63) is 54.0 Å². The average molecular weight is 509 g/mol. The number of benzene rings is 1. The summed E-state index contributed by atoms with van der Waals surface area (Å²) in [4.78, 5) is 26.0. The van der Waals surface area contributed by atoms with Gasteiger partial charge in [-0.05, 0) is 37.5 Å². The van der Waals surface area contributed by atoms with E-state index in [9.17, 15) is 35.9 Å². The molecule has 0 aliphatic carbocycles. The second-order valence-electron chi connectivity index (χ2n) is 7.85. The highest BCUT2D eigenvalue weighted by molar-refractivity contribution is 5.92. The quantitative estimate of drug-likeness (QED) is 0.188. The molecule has 0 spiro atoms. The summed E-state index contributed by atoms with van der Waals surface area (Å²) in [5.41, 5.74) is 0.679. The Balaban J connectivity index is 2.70. The number of halogens is 6. The molecule has 12 heteroatoms. The van der Waals surface area contributed by atoms with Crippen LogP contribution in [-0.2, 0) is 11.2 Å². The molecule has 0 aliphatic heterocycles. The zero-order chi connectivity index (χ0) is 26.6. The van der Waals surface area contributed by atoms with E-state index < -0.39 is 37.1 Å². The Morgan fingerprint density at radius 3 is 2.20 bits per heavy atom. The Kier molecular flexibility index (Phi) is 11.6. The van der Waals surface area contributed by atoms with Gasteiger partial charge in [-0.3, -0.25) is 4.79 Å². The van der Waals surface area contributed by atoms with Crippen LogP contribution in [0.25, 0.3) is 0 Å². The molecule has 0 bridgehead atoms. The van der Waals surface area contributed by atoms with Crippen LogP contribution in [0.2, 0.25) is 0 Å². The number of alkyl halides is 6. The highest BCUT2D eigenvalue weighted by atomic mass is 19.4. The molecule has 1 aromatic carbocycles. The molecule has 196 valence electrons. The summed E-state index contributed by atoms with van der Waals surface area (Å²) in [7, 11) is 0. The minimum Gasteiger partial charge on any atom is -0.351 e. The summed E-state index contributed by atoms with van der Waals surface area (Å²) in [6, 6.07) is 4.56. The first-order valence-corrected chi connectivity index (χ1v) is 10.9. The number of rotatable bonds is 12. The number of urea groups is 1. The van der Waals surface area contributed by atoms with Crippen LogP contribution < -0.4 is 16.0 Å². The molecular weight excluding hydrogens is 478 g/mol. The Hall–Kier alpha value is -3.18. The van der Waals surface area contributed by atoms with E-state index in [0.717, 1.165) is 6.42 Å². The average Bonchev–Trinajstić information content (AvgIpc) is 2.73. The maximum Gasteiger partial charge on any atom is 0.393 e. The van der Waals surface area contributed by atoms with E-state index in [4.69, 9.17) is 0 Å². The monoisotopic (exact) mass is 508 g/mol. The maximum absolute atomic E-state index is 12.4. The van der Waals surface area contributed by atoms with Crippen molar-refractivity contribution >= 4 is 17.6 Å². The minimum absolute atomic E-state index is 0.00673. The number of nitrogens with zero attached hydrogens (tertiary/aromatic N) is 1. The van der Waals surface area contributed by atoms with E-state index in [2.05, 4.69) is 22.5 Å². The largest absolute Gasteiger partial charge is 0.393 e. The van der Waals surface area contributed by atoms with Crippen molar-refractivity contribution in [3.8, 4) is 0 Å². The molecule has 0 heterocycles. The van der Waals surface area contributed by atoms with Crippen molar-refractivity contribution in [1.29, 1.82) is 0 Å². The molecule has 0 aromatic heterocycles. The van der Waals surface area contributed by atoms with E-state index in [1.807, 2.05) is 6.92 Å². The fraction of sp³-hybridized carbons (Fsp3) is 0.478. The standard InChI is InChI=1S/C23H30F6N4O2/c1-4-5-13-33(17(3)20(34)30-12-6-11-22(24,25)26)15-16(2)31-21(35)32-19-9-7-18(8-10-19)14-23(27,28)29/h7-10,15H,3-6,11-14H2,1-2H3,(H,30,34)(H2,31,32,35)/b16-15+. The van der Waals surface area contributed by atoms with Crippen molar-refractivity contribution in [2.45, 2.75) is 58.3 Å². The fourth-order valence-electron chi connectivity index (χ4n) is 2.87. The van der Waals surface area contributed by atoms with Gasteiger partial charge in [0.1, 0.15) is 0 Å². The molecule has 35 heavy (non-hydrogen) atoms. The topological polar surface area (TPSA) is 73.5 Å². The lowest BCUT2D eigenvalue weighted by Gasteiger charge is -2.23. The van der Waals surface area contributed by atoms with Gasteiger partial charge in [0, 0.05) is 37.1 Å². The lowest BCUT2D eigenvalue weighted by atomic mass is 10.1. The van der Waals surface area contributed by atoms with Gasteiger partial charge in [-0.25, -0.2) is 4.79 Å². The first-order valence-electron chi connectivity index (χ1n) is 10.9. The number of unbranched alkanes of at least 4 members (excludes halogenated alkanes) is 1. The molecule has 0 fully saturated rings. The third-order valence-corrected chi connectivity index (χ3v) is 4.56. The first-order chi connectivity index (χ1) is 16.2. The maximum atomic E-state index is 12.4. The molecule has 0 aliphatic rings. The van der Waals surface area contributed by atoms with Crippen LogP contribution in [0.4, 0.5) is 36.8 Å². The molecular formula is C23H30F6N4O2. The Bertz CT molecular complexity index is 879. The fourth-order valence-corrected chi connectivity index (χ4v) is 2.87. The minimum atomic E-state index is -4.33. The summed E-state index contributed by atoms with van der Waals surface area (Å²) in [5.74, 6) is -0.629. The van der Waals surface area contributed by atoms with Crippen LogP contribution in [0.3, 0.4) is 0 Å². The number of anilines is 1. The molecule has 6 nitrogen and oxygen atoms in total. The molecule has 0 saturated heterocycles. The Labute approximate surface area is 200 Å². The second-order valence-corrected chi connectivity index (χ2v) is 7.85. The molecule has 0 saturated carbocycles. The van der Waals surface area contributed by atoms with Gasteiger partial charge >= 0.3 is 18.4 Å². The molecule has 3 N–H and O–H groups in total. The summed E-state index contributed by atoms with van der Waals surface area (Å²) < 4.78 is 74.1. The second kappa shape index (κ2) is 13.6. The highest BCUT2D eigenvalue weighted by Gasteiger charge is 2.27. The van der Waals surface area contributed by atoms with Crippen LogP contribution in [-0.4, -0.2) is 42.3 Å². The highest BCUT2D eigenvalue weighted by Crippen LogP contribution is 2.22. The number of amides is 3. The van der Waals surface area contributed by atoms with Crippen molar-refractivity contribution in [2.75, 3.05) is 18.4 Å². The molecule has 0 atom stereocenters. The van der Waals surface area contributed by atoms with Gasteiger partial charge in [-0.1, -0.05) is 32.1 Å². The molecule has 0 radical (unpaired) electrons. The summed E-state index contributed by atoms with van der Waals surface area (Å²) >= 11 is 0. The van der Waals surface area contributed by atoms with Crippen LogP contribution >= 0.6 is 0 Å². The van der Waals surface area contributed by atoms with Gasteiger partial charge in [0.25, 0.3) is 5.91 Å². The van der Waals surface area contributed by atoms with Crippen molar-refractivity contribution in [3.63, 3.8) is 0 Å². The first kappa shape index (κ1) is 29.9. The Morgan fingerprint density at radius 2 is 1.66 bits per heavy atom. The Morgan fingerprint density at radius 1 is 1.03 bits per heavy atom. The third kappa shape index (κ3) is 13.3. The molecule has 3 amide bonds. The van der Waals surface area contributed by atoms with E-state index >= 15 is 0 Å². The van der Waals surface area contributed by atoms with Crippen LogP contribution in [0, 0.1) is 0 Å². The number of hydrogen-bond donors (Lipinski definition) is 3. The number of carbonyl (C=O) groups excluding carboxylic acids is 2. The van der Waals surface area contributed by atoms with Gasteiger partial charge < -0.3 is 20.9 Å². The van der Waals surface area contributed by atoms with Gasteiger partial charge in [0.2, 0.25) is 0 Å². The lowest BCUT2D eigenvalue weighted by Crippen LogP contribution is -2.34.